The Hall–Kier alpha value is -1.39. The topological polar surface area (TPSA) is 41.6 Å². The summed E-state index contributed by atoms with van der Waals surface area (Å²) in [5.41, 5.74) is 1.07. The quantitative estimate of drug-likeness (QED) is 0.792. The molecule has 0 saturated heterocycles. The van der Waals surface area contributed by atoms with Gasteiger partial charge in [0.15, 0.2) is 0 Å². The fourth-order valence-corrected chi connectivity index (χ4v) is 1.42. The third kappa shape index (κ3) is 5.80. The maximum absolute atomic E-state index is 11.7. The molecule has 18 heavy (non-hydrogen) atoms. The zero-order valence-electron chi connectivity index (χ0n) is 11.3. The number of benzene rings is 1. The Kier molecular flexibility index (Phi) is 6.39. The van der Waals surface area contributed by atoms with Crippen LogP contribution in [0, 0.1) is 0 Å². The average Bonchev–Trinajstić information content (AvgIpc) is 2.36. The maximum Gasteiger partial charge on any atom is 0.248 e. The number of carbonyl (C=O) groups excluding carboxylic acids is 1. The molecular formula is C14H22N2O2. The van der Waals surface area contributed by atoms with Gasteiger partial charge in [-0.25, -0.2) is 0 Å². The van der Waals surface area contributed by atoms with Gasteiger partial charge >= 0.3 is 0 Å². The number of amides is 1. The smallest absolute Gasteiger partial charge is 0.248 e. The Morgan fingerprint density at radius 3 is 2.61 bits per heavy atom. The molecule has 0 heterocycles. The monoisotopic (exact) mass is 250 g/mol. The first-order chi connectivity index (χ1) is 8.59. The maximum atomic E-state index is 11.7. The van der Waals surface area contributed by atoms with E-state index in [0.29, 0.717) is 13.2 Å². The van der Waals surface area contributed by atoms with E-state index in [1.807, 2.05) is 49.3 Å². The minimum atomic E-state index is -0.424. The van der Waals surface area contributed by atoms with Gasteiger partial charge in [-0.05, 0) is 26.6 Å². The number of hydrogen-bond acceptors (Lipinski definition) is 3. The predicted molar refractivity (Wildman–Crippen MR) is 72.3 cm³/mol. The number of ether oxygens (including phenoxy) is 1. The second-order valence-electron chi connectivity index (χ2n) is 4.53. The van der Waals surface area contributed by atoms with Gasteiger partial charge in [-0.1, -0.05) is 30.3 Å². The van der Waals surface area contributed by atoms with Crippen molar-refractivity contribution in [3.05, 3.63) is 35.9 Å². The van der Waals surface area contributed by atoms with Crippen LogP contribution in [0.1, 0.15) is 12.5 Å². The van der Waals surface area contributed by atoms with Crippen LogP contribution in [0.3, 0.4) is 0 Å². The van der Waals surface area contributed by atoms with E-state index in [-0.39, 0.29) is 5.91 Å². The molecule has 0 aliphatic rings. The molecule has 1 N–H and O–H groups in total. The van der Waals surface area contributed by atoms with Crippen LogP contribution in [0.2, 0.25) is 0 Å². The number of likely N-dealkylation sites (N-methyl/N-ethyl adjacent to an activating group) is 1. The van der Waals surface area contributed by atoms with Gasteiger partial charge in [-0.3, -0.25) is 4.79 Å². The summed E-state index contributed by atoms with van der Waals surface area (Å²) in [6.07, 6.45) is -0.424. The Bertz CT molecular complexity index is 352. The molecule has 0 radical (unpaired) electrons. The first-order valence-corrected chi connectivity index (χ1v) is 6.17. The molecule has 0 saturated carbocycles. The zero-order chi connectivity index (χ0) is 13.4. The molecule has 0 bridgehead atoms. The van der Waals surface area contributed by atoms with Crippen molar-refractivity contribution < 1.29 is 9.53 Å². The van der Waals surface area contributed by atoms with Gasteiger partial charge in [-0.15, -0.1) is 0 Å². The fraction of sp³-hybridized carbons (Fsp3) is 0.500. The summed E-state index contributed by atoms with van der Waals surface area (Å²) >= 11 is 0. The van der Waals surface area contributed by atoms with Crippen LogP contribution in [0.5, 0.6) is 0 Å². The molecule has 1 rings (SSSR count). The highest BCUT2D eigenvalue weighted by atomic mass is 16.5. The van der Waals surface area contributed by atoms with Gasteiger partial charge in [0.1, 0.15) is 6.10 Å². The van der Waals surface area contributed by atoms with Crippen molar-refractivity contribution in [2.75, 3.05) is 27.2 Å². The Labute approximate surface area is 109 Å². The van der Waals surface area contributed by atoms with E-state index in [1.165, 1.54) is 0 Å². The lowest BCUT2D eigenvalue weighted by atomic mass is 10.2. The van der Waals surface area contributed by atoms with Crippen LogP contribution < -0.4 is 5.32 Å². The van der Waals surface area contributed by atoms with Crippen LogP contribution in [0.15, 0.2) is 30.3 Å². The molecule has 0 fully saturated rings. The van der Waals surface area contributed by atoms with Crippen molar-refractivity contribution in [1.29, 1.82) is 0 Å². The highest BCUT2D eigenvalue weighted by Crippen LogP contribution is 2.03. The normalized spacial score (nSPS) is 12.4. The highest BCUT2D eigenvalue weighted by molar-refractivity contribution is 5.80. The van der Waals surface area contributed by atoms with Crippen LogP contribution in [-0.4, -0.2) is 44.1 Å². The molecule has 0 spiro atoms. The second-order valence-corrected chi connectivity index (χ2v) is 4.53. The lowest BCUT2D eigenvalue weighted by Crippen LogP contribution is -2.38. The molecule has 0 unspecified atom stereocenters. The van der Waals surface area contributed by atoms with Crippen LogP contribution in [-0.2, 0) is 16.1 Å². The van der Waals surface area contributed by atoms with Crippen molar-refractivity contribution in [1.82, 2.24) is 10.2 Å². The minimum absolute atomic E-state index is 0.0622. The van der Waals surface area contributed by atoms with E-state index in [0.717, 1.165) is 12.1 Å². The van der Waals surface area contributed by atoms with Gasteiger partial charge in [-0.2, -0.15) is 0 Å². The Balaban J connectivity index is 2.23. The van der Waals surface area contributed by atoms with E-state index in [9.17, 15) is 4.79 Å². The summed E-state index contributed by atoms with van der Waals surface area (Å²) in [7, 11) is 3.95. The van der Waals surface area contributed by atoms with Gasteiger partial charge in [0, 0.05) is 13.1 Å². The summed E-state index contributed by atoms with van der Waals surface area (Å²) in [4.78, 5) is 13.7. The Morgan fingerprint density at radius 2 is 2.00 bits per heavy atom. The third-order valence-corrected chi connectivity index (χ3v) is 2.57. The molecule has 0 aliphatic heterocycles. The molecule has 100 valence electrons. The summed E-state index contributed by atoms with van der Waals surface area (Å²) in [6.45, 7) is 3.71. The van der Waals surface area contributed by atoms with Crippen molar-refractivity contribution in [3.63, 3.8) is 0 Å². The van der Waals surface area contributed by atoms with Gasteiger partial charge < -0.3 is 15.0 Å². The van der Waals surface area contributed by atoms with E-state index in [4.69, 9.17) is 4.74 Å². The van der Waals surface area contributed by atoms with E-state index in [1.54, 1.807) is 6.92 Å². The first kappa shape index (κ1) is 14.7. The number of carbonyl (C=O) groups is 1. The molecule has 0 aromatic heterocycles. The molecule has 1 aromatic carbocycles. The fourth-order valence-electron chi connectivity index (χ4n) is 1.42. The third-order valence-electron chi connectivity index (χ3n) is 2.57. The number of nitrogens with one attached hydrogen (secondary N) is 1. The first-order valence-electron chi connectivity index (χ1n) is 6.17. The Morgan fingerprint density at radius 1 is 1.33 bits per heavy atom. The lowest BCUT2D eigenvalue weighted by Gasteiger charge is -2.15. The summed E-state index contributed by atoms with van der Waals surface area (Å²) in [5, 5.41) is 2.84. The summed E-state index contributed by atoms with van der Waals surface area (Å²) in [6, 6.07) is 9.84. The SMILES string of the molecule is C[C@H](OCc1ccccc1)C(=O)NCCN(C)C. The van der Waals surface area contributed by atoms with Crippen molar-refractivity contribution >= 4 is 5.91 Å². The van der Waals surface area contributed by atoms with E-state index >= 15 is 0 Å². The zero-order valence-corrected chi connectivity index (χ0v) is 11.3. The summed E-state index contributed by atoms with van der Waals surface area (Å²) in [5.74, 6) is -0.0622. The standard InChI is InChI=1S/C14H22N2O2/c1-12(14(17)15-9-10-16(2)3)18-11-13-7-5-4-6-8-13/h4-8,12H,9-11H2,1-3H3,(H,15,17)/t12-/m0/s1. The number of nitrogens with zero attached hydrogens (tertiary/aromatic N) is 1. The number of rotatable bonds is 7. The van der Waals surface area contributed by atoms with Crippen molar-refractivity contribution in [3.8, 4) is 0 Å². The average molecular weight is 250 g/mol. The molecule has 1 amide bonds. The predicted octanol–water partition coefficient (Wildman–Crippen LogP) is 1.27. The lowest BCUT2D eigenvalue weighted by molar-refractivity contribution is -0.132. The van der Waals surface area contributed by atoms with Crippen LogP contribution in [0.4, 0.5) is 0 Å². The van der Waals surface area contributed by atoms with Crippen LogP contribution in [0.25, 0.3) is 0 Å². The number of hydrogen-bond donors (Lipinski definition) is 1. The molecule has 4 nitrogen and oxygen atoms in total. The molecule has 1 atom stereocenters. The van der Waals surface area contributed by atoms with Crippen LogP contribution >= 0.6 is 0 Å². The molecule has 0 aliphatic carbocycles. The van der Waals surface area contributed by atoms with Crippen molar-refractivity contribution in [2.24, 2.45) is 0 Å². The summed E-state index contributed by atoms with van der Waals surface area (Å²) < 4.78 is 5.52. The highest BCUT2D eigenvalue weighted by Gasteiger charge is 2.12. The van der Waals surface area contributed by atoms with Gasteiger partial charge in [0.05, 0.1) is 6.61 Å². The molecule has 1 aromatic rings. The van der Waals surface area contributed by atoms with Crippen molar-refractivity contribution in [2.45, 2.75) is 19.6 Å². The van der Waals surface area contributed by atoms with E-state index < -0.39 is 6.10 Å². The molecule has 4 heteroatoms. The van der Waals surface area contributed by atoms with E-state index in [2.05, 4.69) is 5.32 Å². The van der Waals surface area contributed by atoms with Gasteiger partial charge in [0.25, 0.3) is 0 Å². The molecular weight excluding hydrogens is 228 g/mol. The second kappa shape index (κ2) is 7.84. The van der Waals surface area contributed by atoms with Gasteiger partial charge in [0.2, 0.25) is 5.91 Å². The largest absolute Gasteiger partial charge is 0.364 e. The minimum Gasteiger partial charge on any atom is -0.364 e.